The van der Waals surface area contributed by atoms with Crippen LogP contribution in [0.1, 0.15) is 37.9 Å². The molecular formula is C15H21N3O2S2. The molecule has 0 aliphatic carbocycles. The number of hydrogen-bond donors (Lipinski definition) is 1. The summed E-state index contributed by atoms with van der Waals surface area (Å²) in [5, 5.41) is 8.78. The monoisotopic (exact) mass is 339 g/mol. The fourth-order valence-electron chi connectivity index (χ4n) is 1.93. The first-order valence-corrected chi connectivity index (χ1v) is 9.21. The van der Waals surface area contributed by atoms with Crippen LogP contribution in [0.25, 0.3) is 0 Å². The highest BCUT2D eigenvalue weighted by atomic mass is 32.2. The first kappa shape index (κ1) is 17.0. The van der Waals surface area contributed by atoms with Gasteiger partial charge >= 0.3 is 0 Å². The number of nitrogens with zero attached hydrogens (tertiary/aromatic N) is 2. The Morgan fingerprint density at radius 1 is 1.45 bits per heavy atom. The lowest BCUT2D eigenvalue weighted by atomic mass is 10.1. The molecule has 2 heterocycles. The van der Waals surface area contributed by atoms with Crippen molar-refractivity contribution in [2.45, 2.75) is 44.5 Å². The van der Waals surface area contributed by atoms with Gasteiger partial charge in [0.25, 0.3) is 0 Å². The van der Waals surface area contributed by atoms with Gasteiger partial charge in [0.05, 0.1) is 24.4 Å². The van der Waals surface area contributed by atoms with Gasteiger partial charge in [0.15, 0.2) is 5.76 Å². The van der Waals surface area contributed by atoms with E-state index >= 15 is 0 Å². The van der Waals surface area contributed by atoms with Crippen molar-refractivity contribution in [3.63, 3.8) is 0 Å². The Balaban J connectivity index is 1.78. The molecule has 22 heavy (non-hydrogen) atoms. The van der Waals surface area contributed by atoms with Crippen LogP contribution in [0.5, 0.6) is 0 Å². The highest BCUT2D eigenvalue weighted by Gasteiger charge is 2.10. The standard InChI is InChI=1S/C15H21N3O2S2/c1-4-21-15-17-12(9-22-15)7-14(19)16-8-13-6-11(18-20-13)5-10(2)3/h6,9-10H,4-5,7-8H2,1-3H3,(H,16,19). The third-order valence-corrected chi connectivity index (χ3v) is 4.78. The smallest absolute Gasteiger partial charge is 0.226 e. The second-order valence-corrected chi connectivity index (χ2v) is 7.74. The molecule has 0 spiro atoms. The van der Waals surface area contributed by atoms with E-state index < -0.39 is 0 Å². The Bertz CT molecular complexity index is 607. The largest absolute Gasteiger partial charge is 0.359 e. The zero-order valence-corrected chi connectivity index (χ0v) is 14.7. The van der Waals surface area contributed by atoms with Crippen LogP contribution in [0, 0.1) is 5.92 Å². The Morgan fingerprint density at radius 3 is 3.00 bits per heavy atom. The molecule has 0 atom stereocenters. The van der Waals surface area contributed by atoms with Gasteiger partial charge in [-0.25, -0.2) is 4.98 Å². The van der Waals surface area contributed by atoms with E-state index in [-0.39, 0.29) is 5.91 Å². The molecule has 0 bridgehead atoms. The zero-order valence-electron chi connectivity index (χ0n) is 13.1. The van der Waals surface area contributed by atoms with Crippen LogP contribution in [0.4, 0.5) is 0 Å². The van der Waals surface area contributed by atoms with Gasteiger partial charge in [-0.05, 0) is 18.1 Å². The third-order valence-electron chi connectivity index (χ3n) is 2.83. The summed E-state index contributed by atoms with van der Waals surface area (Å²) in [6, 6.07) is 1.90. The number of carbonyl (C=O) groups is 1. The van der Waals surface area contributed by atoms with Crippen LogP contribution in [-0.4, -0.2) is 21.8 Å². The summed E-state index contributed by atoms with van der Waals surface area (Å²) in [5.74, 6) is 2.15. The van der Waals surface area contributed by atoms with Crippen molar-refractivity contribution >= 4 is 29.0 Å². The summed E-state index contributed by atoms with van der Waals surface area (Å²) in [7, 11) is 0. The van der Waals surface area contributed by atoms with Crippen LogP contribution in [0.2, 0.25) is 0 Å². The lowest BCUT2D eigenvalue weighted by Gasteiger charge is -2.00. The molecule has 0 unspecified atom stereocenters. The molecule has 0 saturated carbocycles. The van der Waals surface area contributed by atoms with Gasteiger partial charge in [-0.15, -0.1) is 11.3 Å². The third kappa shape index (κ3) is 5.46. The Morgan fingerprint density at radius 2 is 2.27 bits per heavy atom. The van der Waals surface area contributed by atoms with Gasteiger partial charge in [0.2, 0.25) is 5.91 Å². The van der Waals surface area contributed by atoms with Gasteiger partial charge in [0, 0.05) is 11.4 Å². The summed E-state index contributed by atoms with van der Waals surface area (Å²) in [4.78, 5) is 16.3. The molecule has 2 aromatic rings. The fourth-order valence-corrected chi connectivity index (χ4v) is 3.67. The highest BCUT2D eigenvalue weighted by molar-refractivity contribution is 8.00. The normalized spacial score (nSPS) is 11.1. The van der Waals surface area contributed by atoms with Crippen LogP contribution >= 0.6 is 23.1 Å². The summed E-state index contributed by atoms with van der Waals surface area (Å²) in [5.41, 5.74) is 1.75. The second kappa shape index (κ2) is 8.33. The molecule has 2 rings (SSSR count). The summed E-state index contributed by atoms with van der Waals surface area (Å²) < 4.78 is 6.23. The summed E-state index contributed by atoms with van der Waals surface area (Å²) in [6.45, 7) is 6.72. The summed E-state index contributed by atoms with van der Waals surface area (Å²) >= 11 is 3.28. The van der Waals surface area contributed by atoms with Crippen molar-refractivity contribution in [1.29, 1.82) is 0 Å². The minimum absolute atomic E-state index is 0.0554. The predicted molar refractivity (Wildman–Crippen MR) is 89.1 cm³/mol. The van der Waals surface area contributed by atoms with Crippen molar-refractivity contribution in [2.75, 3.05) is 5.75 Å². The lowest BCUT2D eigenvalue weighted by Crippen LogP contribution is -2.24. The van der Waals surface area contributed by atoms with Crippen molar-refractivity contribution in [1.82, 2.24) is 15.5 Å². The maximum atomic E-state index is 11.9. The topological polar surface area (TPSA) is 68.0 Å². The fraction of sp³-hybridized carbons (Fsp3) is 0.533. The zero-order chi connectivity index (χ0) is 15.9. The maximum Gasteiger partial charge on any atom is 0.226 e. The van der Waals surface area contributed by atoms with Crippen LogP contribution in [0.15, 0.2) is 20.3 Å². The molecule has 0 aliphatic heterocycles. The first-order chi connectivity index (χ1) is 10.6. The van der Waals surface area contributed by atoms with E-state index in [9.17, 15) is 4.79 Å². The minimum Gasteiger partial charge on any atom is -0.359 e. The molecule has 0 aliphatic rings. The van der Waals surface area contributed by atoms with Crippen LogP contribution in [0.3, 0.4) is 0 Å². The predicted octanol–water partition coefficient (Wildman–Crippen LogP) is 3.30. The first-order valence-electron chi connectivity index (χ1n) is 7.35. The highest BCUT2D eigenvalue weighted by Crippen LogP contribution is 2.22. The Labute approximate surface area is 138 Å². The quantitative estimate of drug-likeness (QED) is 0.747. The number of amides is 1. The number of thioether (sulfide) groups is 1. The maximum absolute atomic E-state index is 11.9. The van der Waals surface area contributed by atoms with Gasteiger partial charge in [0.1, 0.15) is 4.34 Å². The Kier molecular flexibility index (Phi) is 6.45. The lowest BCUT2D eigenvalue weighted by molar-refractivity contribution is -0.120. The molecule has 0 fully saturated rings. The molecule has 0 saturated heterocycles. The molecule has 1 amide bonds. The Hall–Kier alpha value is -1.34. The van der Waals surface area contributed by atoms with Gasteiger partial charge < -0.3 is 9.84 Å². The molecule has 5 nitrogen and oxygen atoms in total. The number of aromatic nitrogens is 2. The van der Waals surface area contributed by atoms with E-state index in [1.54, 1.807) is 23.1 Å². The van der Waals surface area contributed by atoms with E-state index in [0.29, 0.717) is 24.6 Å². The number of rotatable bonds is 8. The van der Waals surface area contributed by atoms with Crippen molar-refractivity contribution in [3.8, 4) is 0 Å². The average molecular weight is 339 g/mol. The molecule has 120 valence electrons. The van der Waals surface area contributed by atoms with Crippen molar-refractivity contribution < 1.29 is 9.32 Å². The van der Waals surface area contributed by atoms with Crippen molar-refractivity contribution in [2.24, 2.45) is 5.92 Å². The van der Waals surface area contributed by atoms with Crippen LogP contribution < -0.4 is 5.32 Å². The van der Waals surface area contributed by atoms with Gasteiger partial charge in [-0.2, -0.15) is 0 Å². The number of hydrogen-bond acceptors (Lipinski definition) is 6. The van der Waals surface area contributed by atoms with E-state index in [1.807, 2.05) is 11.4 Å². The van der Waals surface area contributed by atoms with E-state index in [2.05, 4.69) is 36.2 Å². The van der Waals surface area contributed by atoms with Crippen molar-refractivity contribution in [3.05, 3.63) is 28.6 Å². The van der Waals surface area contributed by atoms with E-state index in [4.69, 9.17) is 4.52 Å². The molecular weight excluding hydrogens is 318 g/mol. The van der Waals surface area contributed by atoms with E-state index in [0.717, 1.165) is 27.9 Å². The van der Waals surface area contributed by atoms with Gasteiger partial charge in [-0.1, -0.05) is 37.7 Å². The molecule has 1 N–H and O–H groups in total. The number of thiazole rings is 1. The molecule has 0 radical (unpaired) electrons. The minimum atomic E-state index is -0.0554. The molecule has 7 heteroatoms. The van der Waals surface area contributed by atoms with Gasteiger partial charge in [-0.3, -0.25) is 4.79 Å². The molecule has 0 aromatic carbocycles. The number of carbonyl (C=O) groups excluding carboxylic acids is 1. The van der Waals surface area contributed by atoms with Crippen LogP contribution in [-0.2, 0) is 24.2 Å². The second-order valence-electron chi connectivity index (χ2n) is 5.37. The molecule has 2 aromatic heterocycles. The number of nitrogens with one attached hydrogen (secondary N) is 1. The summed E-state index contributed by atoms with van der Waals surface area (Å²) in [6.07, 6.45) is 1.18. The SMILES string of the molecule is CCSc1nc(CC(=O)NCc2cc(CC(C)C)no2)cs1. The van der Waals surface area contributed by atoms with E-state index in [1.165, 1.54) is 0 Å². The average Bonchev–Trinajstić information content (AvgIpc) is 3.06.